The zero-order valence-electron chi connectivity index (χ0n) is 9.02. The highest BCUT2D eigenvalue weighted by Crippen LogP contribution is 2.24. The van der Waals surface area contributed by atoms with Crippen LogP contribution in [0.1, 0.15) is 29.8 Å². The van der Waals surface area contributed by atoms with Gasteiger partial charge >= 0.3 is 5.97 Å². The van der Waals surface area contributed by atoms with E-state index in [1.54, 1.807) is 6.07 Å². The molecule has 1 fully saturated rings. The first-order valence-corrected chi connectivity index (χ1v) is 5.43. The Bertz CT molecular complexity index is 400. The van der Waals surface area contributed by atoms with Crippen molar-refractivity contribution in [3.63, 3.8) is 0 Å². The zero-order chi connectivity index (χ0) is 11.5. The Labute approximate surface area is 93.9 Å². The lowest BCUT2D eigenvalue weighted by Crippen LogP contribution is -2.30. The Balaban J connectivity index is 2.24. The maximum Gasteiger partial charge on any atom is 0.354 e. The van der Waals surface area contributed by atoms with E-state index in [4.69, 9.17) is 10.8 Å². The standard InChI is InChI=1S/C11H15N3O2/c12-10-9(14-6-2-1-3-7-14)5-4-8(13-10)11(15)16/h4-5H,1-3,6-7H2,(H2,12,13)(H,15,16). The van der Waals surface area contributed by atoms with Gasteiger partial charge in [0.1, 0.15) is 5.82 Å². The van der Waals surface area contributed by atoms with Crippen LogP contribution in [0.15, 0.2) is 12.1 Å². The molecule has 1 saturated heterocycles. The van der Waals surface area contributed by atoms with E-state index >= 15 is 0 Å². The molecule has 0 atom stereocenters. The first kappa shape index (κ1) is 10.7. The van der Waals surface area contributed by atoms with Crippen LogP contribution in [0, 0.1) is 0 Å². The van der Waals surface area contributed by atoms with Gasteiger partial charge in [0.15, 0.2) is 5.69 Å². The van der Waals surface area contributed by atoms with E-state index in [-0.39, 0.29) is 5.69 Å². The molecule has 1 aromatic rings. The maximum absolute atomic E-state index is 10.7. The number of nitrogens with zero attached hydrogens (tertiary/aromatic N) is 2. The summed E-state index contributed by atoms with van der Waals surface area (Å²) in [4.78, 5) is 16.8. The summed E-state index contributed by atoms with van der Waals surface area (Å²) in [6.45, 7) is 1.94. The molecule has 1 aromatic heterocycles. The monoisotopic (exact) mass is 221 g/mol. The molecular formula is C11H15N3O2. The van der Waals surface area contributed by atoms with Gasteiger partial charge in [-0.25, -0.2) is 9.78 Å². The Morgan fingerprint density at radius 2 is 2.00 bits per heavy atom. The number of hydrogen-bond acceptors (Lipinski definition) is 4. The summed E-state index contributed by atoms with van der Waals surface area (Å²) in [7, 11) is 0. The fraction of sp³-hybridized carbons (Fsp3) is 0.455. The number of anilines is 2. The Morgan fingerprint density at radius 3 is 2.56 bits per heavy atom. The van der Waals surface area contributed by atoms with E-state index in [1.165, 1.54) is 12.5 Å². The number of rotatable bonds is 2. The molecule has 0 aromatic carbocycles. The van der Waals surface area contributed by atoms with Crippen molar-refractivity contribution in [2.24, 2.45) is 0 Å². The largest absolute Gasteiger partial charge is 0.477 e. The van der Waals surface area contributed by atoms with Crippen LogP contribution in [-0.2, 0) is 0 Å². The lowest BCUT2D eigenvalue weighted by molar-refractivity contribution is 0.0690. The minimum absolute atomic E-state index is 0.00161. The van der Waals surface area contributed by atoms with E-state index in [1.807, 2.05) is 0 Å². The highest BCUT2D eigenvalue weighted by molar-refractivity contribution is 5.86. The molecule has 5 nitrogen and oxygen atoms in total. The molecule has 0 aliphatic carbocycles. The molecule has 2 rings (SSSR count). The number of pyridine rings is 1. The third-order valence-corrected chi connectivity index (χ3v) is 2.82. The average Bonchev–Trinajstić information content (AvgIpc) is 2.30. The van der Waals surface area contributed by atoms with Gasteiger partial charge in [0.2, 0.25) is 0 Å². The van der Waals surface area contributed by atoms with Crippen molar-refractivity contribution in [1.82, 2.24) is 4.98 Å². The van der Waals surface area contributed by atoms with E-state index in [0.29, 0.717) is 5.82 Å². The van der Waals surface area contributed by atoms with Gasteiger partial charge in [0, 0.05) is 13.1 Å². The number of aromatic carboxylic acids is 1. The molecule has 0 radical (unpaired) electrons. The fourth-order valence-electron chi connectivity index (χ4n) is 1.99. The normalized spacial score (nSPS) is 16.1. The number of carbonyl (C=O) groups is 1. The van der Waals surface area contributed by atoms with E-state index in [9.17, 15) is 4.79 Å². The van der Waals surface area contributed by atoms with Crippen molar-refractivity contribution in [1.29, 1.82) is 0 Å². The van der Waals surface area contributed by atoms with Crippen molar-refractivity contribution >= 4 is 17.5 Å². The number of carboxylic acid groups (broad SMARTS) is 1. The summed E-state index contributed by atoms with van der Waals surface area (Å²) in [5, 5.41) is 8.78. The minimum Gasteiger partial charge on any atom is -0.477 e. The summed E-state index contributed by atoms with van der Waals surface area (Å²) in [6, 6.07) is 3.25. The number of piperidine rings is 1. The molecule has 0 amide bonds. The first-order chi connectivity index (χ1) is 7.68. The molecule has 2 heterocycles. The molecule has 0 spiro atoms. The number of hydrogen-bond donors (Lipinski definition) is 2. The minimum atomic E-state index is -1.04. The summed E-state index contributed by atoms with van der Waals surface area (Å²) < 4.78 is 0. The van der Waals surface area contributed by atoms with Crippen LogP contribution in [0.25, 0.3) is 0 Å². The topological polar surface area (TPSA) is 79.4 Å². The molecule has 1 aliphatic heterocycles. The summed E-state index contributed by atoms with van der Waals surface area (Å²) in [6.07, 6.45) is 3.55. The van der Waals surface area contributed by atoms with E-state index in [2.05, 4.69) is 9.88 Å². The van der Waals surface area contributed by atoms with Crippen molar-refractivity contribution in [2.75, 3.05) is 23.7 Å². The van der Waals surface area contributed by atoms with Gasteiger partial charge in [0.05, 0.1) is 5.69 Å². The molecule has 5 heteroatoms. The van der Waals surface area contributed by atoms with Gasteiger partial charge in [-0.3, -0.25) is 0 Å². The van der Waals surface area contributed by atoms with Gasteiger partial charge in [-0.1, -0.05) is 0 Å². The predicted molar refractivity (Wildman–Crippen MR) is 61.7 cm³/mol. The van der Waals surface area contributed by atoms with Crippen LogP contribution in [0.3, 0.4) is 0 Å². The van der Waals surface area contributed by atoms with Crippen molar-refractivity contribution < 1.29 is 9.90 Å². The molecular weight excluding hydrogens is 206 g/mol. The van der Waals surface area contributed by atoms with Gasteiger partial charge in [0.25, 0.3) is 0 Å². The summed E-state index contributed by atoms with van der Waals surface area (Å²) in [5.41, 5.74) is 6.62. The molecule has 0 saturated carbocycles. The Morgan fingerprint density at radius 1 is 1.31 bits per heavy atom. The van der Waals surface area contributed by atoms with Crippen LogP contribution in [-0.4, -0.2) is 29.1 Å². The van der Waals surface area contributed by atoms with Crippen LogP contribution in [0.4, 0.5) is 11.5 Å². The molecule has 86 valence electrons. The number of aromatic nitrogens is 1. The third kappa shape index (κ3) is 2.08. The summed E-state index contributed by atoms with van der Waals surface area (Å²) >= 11 is 0. The van der Waals surface area contributed by atoms with Crippen LogP contribution < -0.4 is 10.6 Å². The molecule has 16 heavy (non-hydrogen) atoms. The molecule has 3 N–H and O–H groups in total. The average molecular weight is 221 g/mol. The molecule has 1 aliphatic rings. The lowest BCUT2D eigenvalue weighted by atomic mass is 10.1. The number of carboxylic acids is 1. The number of nitrogen functional groups attached to an aromatic ring is 1. The fourth-order valence-corrected chi connectivity index (χ4v) is 1.99. The van der Waals surface area contributed by atoms with Gasteiger partial charge in [-0.2, -0.15) is 0 Å². The van der Waals surface area contributed by atoms with E-state index < -0.39 is 5.97 Å². The highest BCUT2D eigenvalue weighted by atomic mass is 16.4. The maximum atomic E-state index is 10.7. The number of nitrogens with two attached hydrogens (primary N) is 1. The summed E-state index contributed by atoms with van der Waals surface area (Å²) in [5.74, 6) is -0.737. The van der Waals surface area contributed by atoms with Crippen LogP contribution in [0.5, 0.6) is 0 Å². The second-order valence-corrected chi connectivity index (χ2v) is 3.95. The third-order valence-electron chi connectivity index (χ3n) is 2.82. The quantitative estimate of drug-likeness (QED) is 0.788. The Kier molecular flexibility index (Phi) is 2.94. The van der Waals surface area contributed by atoms with Gasteiger partial charge in [-0.15, -0.1) is 0 Å². The van der Waals surface area contributed by atoms with Crippen molar-refractivity contribution in [2.45, 2.75) is 19.3 Å². The molecule has 0 bridgehead atoms. The van der Waals surface area contributed by atoms with Crippen LogP contribution >= 0.6 is 0 Å². The second kappa shape index (κ2) is 4.38. The second-order valence-electron chi connectivity index (χ2n) is 3.95. The van der Waals surface area contributed by atoms with E-state index in [0.717, 1.165) is 31.6 Å². The first-order valence-electron chi connectivity index (χ1n) is 5.43. The highest BCUT2D eigenvalue weighted by Gasteiger charge is 2.15. The Hall–Kier alpha value is -1.78. The zero-order valence-corrected chi connectivity index (χ0v) is 9.02. The van der Waals surface area contributed by atoms with Crippen LogP contribution in [0.2, 0.25) is 0 Å². The lowest BCUT2D eigenvalue weighted by Gasteiger charge is -2.29. The van der Waals surface area contributed by atoms with Gasteiger partial charge in [-0.05, 0) is 31.4 Å². The SMILES string of the molecule is Nc1nc(C(=O)O)ccc1N1CCCCC1. The smallest absolute Gasteiger partial charge is 0.354 e. The van der Waals surface area contributed by atoms with Gasteiger partial charge < -0.3 is 15.7 Å². The van der Waals surface area contributed by atoms with Crippen molar-refractivity contribution in [3.8, 4) is 0 Å². The molecule has 0 unspecified atom stereocenters. The van der Waals surface area contributed by atoms with Crippen molar-refractivity contribution in [3.05, 3.63) is 17.8 Å². The predicted octanol–water partition coefficient (Wildman–Crippen LogP) is 1.35.